The number of halogens is 3. The van der Waals surface area contributed by atoms with Crippen LogP contribution < -0.4 is 10.2 Å². The lowest BCUT2D eigenvalue weighted by Gasteiger charge is -2.20. The van der Waals surface area contributed by atoms with Crippen molar-refractivity contribution in [2.24, 2.45) is 5.92 Å². The summed E-state index contributed by atoms with van der Waals surface area (Å²) in [5.41, 5.74) is 2.16. The number of hydrogen-bond acceptors (Lipinski definition) is 5. The van der Waals surface area contributed by atoms with E-state index in [1.807, 2.05) is 11.0 Å². The molecule has 4 heterocycles. The van der Waals surface area contributed by atoms with E-state index in [2.05, 4.69) is 25.5 Å². The van der Waals surface area contributed by atoms with Gasteiger partial charge in [0.2, 0.25) is 5.91 Å². The molecular formula is C17H17F3N6O. The zero-order valence-electron chi connectivity index (χ0n) is 14.3. The fraction of sp³-hybridized carbons (Fsp3) is 0.412. The topological polar surface area (TPSA) is 86.8 Å². The van der Waals surface area contributed by atoms with Gasteiger partial charge in [0, 0.05) is 36.6 Å². The molecule has 4 rings (SSSR count). The van der Waals surface area contributed by atoms with E-state index in [1.165, 1.54) is 0 Å². The van der Waals surface area contributed by atoms with Crippen molar-refractivity contribution in [3.8, 4) is 0 Å². The molecule has 1 fully saturated rings. The normalized spacial score (nSPS) is 17.7. The van der Waals surface area contributed by atoms with Gasteiger partial charge >= 0.3 is 6.18 Å². The number of carbonyl (C=O) groups is 1. The number of aromatic nitrogens is 4. The molecule has 1 saturated heterocycles. The van der Waals surface area contributed by atoms with Gasteiger partial charge in [0.1, 0.15) is 5.52 Å². The van der Waals surface area contributed by atoms with E-state index in [0.29, 0.717) is 30.7 Å². The van der Waals surface area contributed by atoms with E-state index in [0.717, 1.165) is 16.5 Å². The van der Waals surface area contributed by atoms with Gasteiger partial charge in [0.15, 0.2) is 5.65 Å². The molecule has 1 amide bonds. The average molecular weight is 378 g/mol. The number of amides is 1. The average Bonchev–Trinajstić information content (AvgIpc) is 3.29. The third-order valence-corrected chi connectivity index (χ3v) is 4.77. The van der Waals surface area contributed by atoms with E-state index in [-0.39, 0.29) is 11.8 Å². The molecule has 0 bridgehead atoms. The van der Waals surface area contributed by atoms with Crippen molar-refractivity contribution in [3.63, 3.8) is 0 Å². The molecule has 0 saturated carbocycles. The summed E-state index contributed by atoms with van der Waals surface area (Å²) < 4.78 is 36.7. The molecule has 1 aliphatic heterocycles. The number of H-pyrrole nitrogens is 1. The smallest absolute Gasteiger partial charge is 0.369 e. The van der Waals surface area contributed by atoms with Gasteiger partial charge in [-0.1, -0.05) is 0 Å². The van der Waals surface area contributed by atoms with Gasteiger partial charge < -0.3 is 15.2 Å². The highest BCUT2D eigenvalue weighted by Crippen LogP contribution is 2.33. The molecule has 1 unspecified atom stereocenters. The monoisotopic (exact) mass is 378 g/mol. The number of rotatable bonds is 4. The second-order valence-electron chi connectivity index (χ2n) is 6.58. The van der Waals surface area contributed by atoms with Crippen molar-refractivity contribution in [2.45, 2.75) is 19.0 Å². The molecule has 7 nitrogen and oxygen atoms in total. The Kier molecular flexibility index (Phi) is 4.33. The maximum Gasteiger partial charge on any atom is 0.390 e. The van der Waals surface area contributed by atoms with Crippen molar-refractivity contribution in [1.82, 2.24) is 25.5 Å². The lowest BCUT2D eigenvalue weighted by Crippen LogP contribution is -2.34. The van der Waals surface area contributed by atoms with Gasteiger partial charge in [-0.3, -0.25) is 9.78 Å². The molecule has 27 heavy (non-hydrogen) atoms. The highest BCUT2D eigenvalue weighted by Gasteiger charge is 2.31. The molecule has 0 radical (unpaired) electrons. The van der Waals surface area contributed by atoms with E-state index in [1.54, 1.807) is 18.6 Å². The second kappa shape index (κ2) is 6.67. The van der Waals surface area contributed by atoms with Crippen LogP contribution in [0.4, 0.5) is 18.9 Å². The van der Waals surface area contributed by atoms with E-state index < -0.39 is 19.1 Å². The Bertz CT molecular complexity index is 986. The summed E-state index contributed by atoms with van der Waals surface area (Å²) in [6.45, 7) is 0.646. The molecule has 0 spiro atoms. The Morgan fingerprint density at radius 1 is 1.33 bits per heavy atom. The van der Waals surface area contributed by atoms with Gasteiger partial charge in [0.05, 0.1) is 30.4 Å². The summed E-state index contributed by atoms with van der Waals surface area (Å²) in [4.78, 5) is 21.5. The number of hydrogen-bond donors (Lipinski definition) is 2. The fourth-order valence-electron chi connectivity index (χ4n) is 3.44. The van der Waals surface area contributed by atoms with Crippen LogP contribution in [0.2, 0.25) is 0 Å². The molecule has 3 aromatic rings. The van der Waals surface area contributed by atoms with Crippen molar-refractivity contribution in [1.29, 1.82) is 0 Å². The van der Waals surface area contributed by atoms with Gasteiger partial charge in [-0.25, -0.2) is 0 Å². The fourth-order valence-corrected chi connectivity index (χ4v) is 3.44. The van der Waals surface area contributed by atoms with Crippen molar-refractivity contribution < 1.29 is 18.0 Å². The van der Waals surface area contributed by atoms with Crippen LogP contribution in [0.25, 0.3) is 21.9 Å². The lowest BCUT2D eigenvalue weighted by molar-refractivity contribution is -0.136. The van der Waals surface area contributed by atoms with E-state index in [9.17, 15) is 18.0 Å². The minimum Gasteiger partial charge on any atom is -0.369 e. The van der Waals surface area contributed by atoms with Crippen LogP contribution in [0.3, 0.4) is 0 Å². The zero-order chi connectivity index (χ0) is 19.0. The highest BCUT2D eigenvalue weighted by molar-refractivity contribution is 6.09. The number of pyridine rings is 1. The Labute approximate surface area is 152 Å². The van der Waals surface area contributed by atoms with E-state index >= 15 is 0 Å². The Morgan fingerprint density at radius 2 is 2.19 bits per heavy atom. The van der Waals surface area contributed by atoms with Gasteiger partial charge in [0.25, 0.3) is 0 Å². The van der Waals surface area contributed by atoms with Crippen LogP contribution in [-0.2, 0) is 4.79 Å². The number of aromatic amines is 1. The second-order valence-corrected chi connectivity index (χ2v) is 6.58. The summed E-state index contributed by atoms with van der Waals surface area (Å²) in [5.74, 6) is -0.702. The van der Waals surface area contributed by atoms with Crippen LogP contribution >= 0.6 is 0 Å². The number of alkyl halides is 3. The first-order chi connectivity index (χ1) is 12.9. The predicted octanol–water partition coefficient (Wildman–Crippen LogP) is 2.40. The van der Waals surface area contributed by atoms with Gasteiger partial charge in [-0.05, 0) is 12.5 Å². The highest BCUT2D eigenvalue weighted by atomic mass is 19.4. The third-order valence-electron chi connectivity index (χ3n) is 4.77. The van der Waals surface area contributed by atoms with Crippen molar-refractivity contribution in [3.05, 3.63) is 24.7 Å². The molecule has 1 atom stereocenters. The standard InChI is InChI=1S/C17H17F3N6O/c18-17(19,20)3-5-23-16(27)10-2-6-26(9-10)13-8-21-7-12-14(13)11-1-4-22-15(11)25-24-12/h1,4,7-8,10H,2-3,5-6,9H2,(H,22,25)(H,23,27). The largest absolute Gasteiger partial charge is 0.390 e. The number of nitrogens with zero attached hydrogens (tertiary/aromatic N) is 4. The van der Waals surface area contributed by atoms with Crippen molar-refractivity contribution >= 4 is 33.5 Å². The molecular weight excluding hydrogens is 361 g/mol. The molecule has 0 aromatic carbocycles. The maximum atomic E-state index is 12.2. The third kappa shape index (κ3) is 3.51. The van der Waals surface area contributed by atoms with Gasteiger partial charge in [-0.2, -0.15) is 13.2 Å². The molecule has 142 valence electrons. The number of nitrogens with one attached hydrogen (secondary N) is 2. The van der Waals surface area contributed by atoms with Crippen LogP contribution in [0, 0.1) is 5.92 Å². The summed E-state index contributed by atoms with van der Waals surface area (Å²) in [6.07, 6.45) is 0.419. The van der Waals surface area contributed by atoms with Crippen molar-refractivity contribution in [2.75, 3.05) is 24.5 Å². The molecule has 3 aromatic heterocycles. The Morgan fingerprint density at radius 3 is 3.00 bits per heavy atom. The SMILES string of the molecule is O=C(NCCC(F)(F)F)C1CCN(c2cncc3nnc4[nH]ccc4c23)C1. The van der Waals surface area contributed by atoms with Gasteiger partial charge in [-0.15, -0.1) is 10.2 Å². The summed E-state index contributed by atoms with van der Waals surface area (Å²) in [7, 11) is 0. The van der Waals surface area contributed by atoms with E-state index in [4.69, 9.17) is 0 Å². The Hall–Kier alpha value is -2.91. The first kappa shape index (κ1) is 17.5. The molecule has 1 aliphatic rings. The quantitative estimate of drug-likeness (QED) is 0.728. The number of carbonyl (C=O) groups excluding carboxylic acids is 1. The molecule has 10 heteroatoms. The summed E-state index contributed by atoms with van der Waals surface area (Å²) in [5, 5.41) is 12.5. The van der Waals surface area contributed by atoms with Crippen LogP contribution in [0.1, 0.15) is 12.8 Å². The zero-order valence-corrected chi connectivity index (χ0v) is 14.3. The molecule has 2 N–H and O–H groups in total. The Balaban J connectivity index is 1.52. The van der Waals surface area contributed by atoms with Crippen LogP contribution in [-0.4, -0.2) is 51.9 Å². The first-order valence-corrected chi connectivity index (χ1v) is 8.59. The molecule has 0 aliphatic carbocycles. The minimum absolute atomic E-state index is 0.346. The predicted molar refractivity (Wildman–Crippen MR) is 93.2 cm³/mol. The minimum atomic E-state index is -4.27. The van der Waals surface area contributed by atoms with Crippen LogP contribution in [0.15, 0.2) is 24.7 Å². The maximum absolute atomic E-state index is 12.2. The van der Waals surface area contributed by atoms with Crippen LogP contribution in [0.5, 0.6) is 0 Å². The number of fused-ring (bicyclic) bond motifs is 3. The summed E-state index contributed by atoms with van der Waals surface area (Å²) >= 11 is 0. The summed E-state index contributed by atoms with van der Waals surface area (Å²) in [6, 6.07) is 1.91. The lowest BCUT2D eigenvalue weighted by atomic mass is 10.1. The number of anilines is 1. The first-order valence-electron chi connectivity index (χ1n) is 8.59.